The standard InChI is InChI=1S/C25H19NO3/c1-2-14-26-21-9-4-3-8-20(21)25(29,24(26)28)15-22(27)18-13-12-17-11-10-16-6-5-7-19(18)23(16)17/h1,3-9,12-13,29H,10-11,14-15H2/t25-/m0/s1. The van der Waals surface area contributed by atoms with Crippen LogP contribution in [0.1, 0.15) is 33.5 Å². The lowest BCUT2D eigenvalue weighted by molar-refractivity contribution is -0.135. The molecule has 5 rings (SSSR count). The zero-order valence-electron chi connectivity index (χ0n) is 15.8. The Morgan fingerprint density at radius 2 is 1.83 bits per heavy atom. The third-order valence-electron chi connectivity index (χ3n) is 6.08. The van der Waals surface area contributed by atoms with Gasteiger partial charge in [0.25, 0.3) is 5.91 Å². The molecule has 3 aromatic carbocycles. The number of aryl methyl sites for hydroxylation is 2. The van der Waals surface area contributed by atoms with Crippen molar-refractivity contribution in [1.82, 2.24) is 0 Å². The molecular weight excluding hydrogens is 362 g/mol. The maximum atomic E-state index is 13.3. The van der Waals surface area contributed by atoms with Gasteiger partial charge in [0.15, 0.2) is 11.4 Å². The third kappa shape index (κ3) is 2.45. The van der Waals surface area contributed by atoms with Crippen molar-refractivity contribution in [2.75, 3.05) is 11.4 Å². The van der Waals surface area contributed by atoms with Crippen molar-refractivity contribution in [1.29, 1.82) is 0 Å². The van der Waals surface area contributed by atoms with Crippen LogP contribution >= 0.6 is 0 Å². The van der Waals surface area contributed by atoms with E-state index in [4.69, 9.17) is 6.42 Å². The number of ketones is 1. The van der Waals surface area contributed by atoms with Gasteiger partial charge in [0.05, 0.1) is 18.7 Å². The topological polar surface area (TPSA) is 57.6 Å². The minimum Gasteiger partial charge on any atom is -0.375 e. The number of nitrogens with zero attached hydrogens (tertiary/aromatic N) is 1. The lowest BCUT2D eigenvalue weighted by Crippen LogP contribution is -2.42. The summed E-state index contributed by atoms with van der Waals surface area (Å²) in [5.41, 5.74) is 2.11. The Morgan fingerprint density at radius 3 is 2.62 bits per heavy atom. The Labute approximate surface area is 168 Å². The Kier molecular flexibility index (Phi) is 3.84. The van der Waals surface area contributed by atoms with Crippen molar-refractivity contribution >= 4 is 28.2 Å². The number of fused-ring (bicyclic) bond motifs is 1. The zero-order valence-corrected chi connectivity index (χ0v) is 15.8. The van der Waals surface area contributed by atoms with Crippen molar-refractivity contribution in [3.63, 3.8) is 0 Å². The minimum atomic E-state index is -1.91. The molecule has 0 bridgehead atoms. The van der Waals surface area contributed by atoms with Crippen molar-refractivity contribution < 1.29 is 14.7 Å². The molecule has 1 heterocycles. The summed E-state index contributed by atoms with van der Waals surface area (Å²) < 4.78 is 0. The first-order chi connectivity index (χ1) is 14.0. The molecule has 1 amide bonds. The van der Waals surface area contributed by atoms with E-state index in [0.717, 1.165) is 23.6 Å². The number of hydrogen-bond acceptors (Lipinski definition) is 3. The Bertz CT molecular complexity index is 1230. The monoisotopic (exact) mass is 381 g/mol. The fourth-order valence-corrected chi connectivity index (χ4v) is 4.74. The number of benzene rings is 3. The maximum absolute atomic E-state index is 13.3. The van der Waals surface area contributed by atoms with Gasteiger partial charge in [-0.25, -0.2) is 0 Å². The second-order valence-electron chi connectivity index (χ2n) is 7.68. The third-order valence-corrected chi connectivity index (χ3v) is 6.08. The number of carbonyl (C=O) groups excluding carboxylic acids is 2. The number of terminal acetylenes is 1. The predicted molar refractivity (Wildman–Crippen MR) is 112 cm³/mol. The van der Waals surface area contributed by atoms with Crippen LogP contribution in [0.2, 0.25) is 0 Å². The number of para-hydroxylation sites is 1. The molecule has 0 fully saturated rings. The van der Waals surface area contributed by atoms with Gasteiger partial charge in [0, 0.05) is 11.1 Å². The van der Waals surface area contributed by atoms with E-state index in [1.807, 2.05) is 24.3 Å². The Hall–Kier alpha value is -3.42. The summed E-state index contributed by atoms with van der Waals surface area (Å²) in [5, 5.41) is 13.4. The summed E-state index contributed by atoms with van der Waals surface area (Å²) in [5.74, 6) is 1.66. The molecule has 1 atom stereocenters. The first-order valence-electron chi connectivity index (χ1n) is 9.68. The van der Waals surface area contributed by atoms with Crippen LogP contribution in [0, 0.1) is 12.3 Å². The highest BCUT2D eigenvalue weighted by Gasteiger charge is 2.50. The van der Waals surface area contributed by atoms with E-state index in [-0.39, 0.29) is 18.7 Å². The second kappa shape index (κ2) is 6.30. The van der Waals surface area contributed by atoms with Gasteiger partial charge in [-0.15, -0.1) is 6.42 Å². The zero-order chi connectivity index (χ0) is 20.2. The quantitative estimate of drug-likeness (QED) is 0.557. The van der Waals surface area contributed by atoms with Crippen molar-refractivity contribution in [2.24, 2.45) is 0 Å². The van der Waals surface area contributed by atoms with Gasteiger partial charge in [0.1, 0.15) is 0 Å². The van der Waals surface area contributed by atoms with Gasteiger partial charge < -0.3 is 5.11 Å². The molecule has 1 aliphatic heterocycles. The summed E-state index contributed by atoms with van der Waals surface area (Å²) in [7, 11) is 0. The summed E-state index contributed by atoms with van der Waals surface area (Å²) in [6, 6.07) is 16.8. The molecule has 0 saturated heterocycles. The molecular formula is C25H19NO3. The van der Waals surface area contributed by atoms with Gasteiger partial charge >= 0.3 is 0 Å². The van der Waals surface area contributed by atoms with Crippen molar-refractivity contribution in [3.8, 4) is 12.3 Å². The number of rotatable bonds is 4. The Balaban J connectivity index is 1.58. The van der Waals surface area contributed by atoms with Gasteiger partial charge in [-0.05, 0) is 40.8 Å². The fraction of sp³-hybridized carbons (Fsp3) is 0.200. The maximum Gasteiger partial charge on any atom is 0.265 e. The van der Waals surface area contributed by atoms with E-state index in [1.54, 1.807) is 24.3 Å². The van der Waals surface area contributed by atoms with Gasteiger partial charge in [-0.3, -0.25) is 14.5 Å². The number of carbonyl (C=O) groups is 2. The molecule has 4 nitrogen and oxygen atoms in total. The molecule has 0 aromatic heterocycles. The predicted octanol–water partition coefficient (Wildman–Crippen LogP) is 3.38. The largest absolute Gasteiger partial charge is 0.375 e. The van der Waals surface area contributed by atoms with Crippen molar-refractivity contribution in [2.45, 2.75) is 24.9 Å². The van der Waals surface area contributed by atoms with Crippen LogP contribution in [0.15, 0.2) is 54.6 Å². The van der Waals surface area contributed by atoms with Crippen LogP contribution < -0.4 is 4.90 Å². The molecule has 0 unspecified atom stereocenters. The smallest absolute Gasteiger partial charge is 0.265 e. The van der Waals surface area contributed by atoms with E-state index in [0.29, 0.717) is 16.8 Å². The molecule has 3 aromatic rings. The number of anilines is 1. The van der Waals surface area contributed by atoms with Crippen LogP contribution in [-0.4, -0.2) is 23.3 Å². The lowest BCUT2D eigenvalue weighted by atomic mass is 9.86. The molecule has 0 radical (unpaired) electrons. The molecule has 29 heavy (non-hydrogen) atoms. The number of aliphatic hydroxyl groups is 1. The van der Waals surface area contributed by atoms with Crippen LogP contribution in [0.25, 0.3) is 10.8 Å². The van der Waals surface area contributed by atoms with E-state index in [2.05, 4.69) is 12.0 Å². The van der Waals surface area contributed by atoms with Crippen LogP contribution in [-0.2, 0) is 23.2 Å². The molecule has 0 saturated carbocycles. The van der Waals surface area contributed by atoms with E-state index < -0.39 is 11.5 Å². The van der Waals surface area contributed by atoms with E-state index in [1.165, 1.54) is 16.0 Å². The van der Waals surface area contributed by atoms with Gasteiger partial charge in [-0.2, -0.15) is 0 Å². The van der Waals surface area contributed by atoms with Gasteiger partial charge in [0.2, 0.25) is 0 Å². The number of hydrogen-bond donors (Lipinski definition) is 1. The van der Waals surface area contributed by atoms with Crippen LogP contribution in [0.4, 0.5) is 5.69 Å². The summed E-state index contributed by atoms with van der Waals surface area (Å²) in [6.45, 7) is 0.0489. The highest BCUT2D eigenvalue weighted by atomic mass is 16.3. The molecule has 1 aliphatic carbocycles. The highest BCUT2D eigenvalue weighted by molar-refractivity contribution is 6.14. The molecule has 2 aliphatic rings. The van der Waals surface area contributed by atoms with Crippen molar-refractivity contribution in [3.05, 3.63) is 76.9 Å². The number of Topliss-reactive ketones (excluding diaryl/α,β-unsaturated/α-hetero) is 1. The second-order valence-corrected chi connectivity index (χ2v) is 7.68. The van der Waals surface area contributed by atoms with E-state index >= 15 is 0 Å². The minimum absolute atomic E-state index is 0.0489. The highest BCUT2D eigenvalue weighted by Crippen LogP contribution is 2.43. The molecule has 1 N–H and O–H groups in total. The van der Waals surface area contributed by atoms with E-state index in [9.17, 15) is 14.7 Å². The molecule has 142 valence electrons. The lowest BCUT2D eigenvalue weighted by Gasteiger charge is -2.22. The SMILES string of the molecule is C#CCN1C(=O)[C@](O)(CC(=O)c2ccc3c4c(cccc24)CC3)c2ccccc21. The molecule has 4 heteroatoms. The normalized spacial score (nSPS) is 19.4. The summed E-state index contributed by atoms with van der Waals surface area (Å²) in [6.07, 6.45) is 7.04. The van der Waals surface area contributed by atoms with Crippen LogP contribution in [0.3, 0.4) is 0 Å². The first-order valence-corrected chi connectivity index (χ1v) is 9.68. The van der Waals surface area contributed by atoms with Gasteiger partial charge in [-0.1, -0.05) is 54.5 Å². The fourth-order valence-electron chi connectivity index (χ4n) is 4.74. The summed E-state index contributed by atoms with van der Waals surface area (Å²) >= 11 is 0. The Morgan fingerprint density at radius 1 is 1.07 bits per heavy atom. The average Bonchev–Trinajstić information content (AvgIpc) is 3.24. The van der Waals surface area contributed by atoms with Crippen LogP contribution in [0.5, 0.6) is 0 Å². The average molecular weight is 381 g/mol. The molecule has 0 spiro atoms. The number of amides is 1. The first kappa shape index (κ1) is 17.7. The summed E-state index contributed by atoms with van der Waals surface area (Å²) in [4.78, 5) is 27.7.